The third-order valence-electron chi connectivity index (χ3n) is 4.39. The van der Waals surface area contributed by atoms with Gasteiger partial charge in [0.25, 0.3) is 5.56 Å². The molecule has 1 atom stereocenters. The highest BCUT2D eigenvalue weighted by atomic mass is 32.2. The van der Waals surface area contributed by atoms with Gasteiger partial charge in [0.2, 0.25) is 5.91 Å². The predicted molar refractivity (Wildman–Crippen MR) is 104 cm³/mol. The third-order valence-corrected chi connectivity index (χ3v) is 5.37. The highest BCUT2D eigenvalue weighted by Crippen LogP contribution is 2.20. The number of amides is 1. The maximum Gasteiger partial charge on any atom is 0.262 e. The maximum atomic E-state index is 12.7. The molecule has 1 N–H and O–H groups in total. The lowest BCUT2D eigenvalue weighted by Crippen LogP contribution is -2.49. The summed E-state index contributed by atoms with van der Waals surface area (Å²) in [5.41, 5.74) is -0.390. The van der Waals surface area contributed by atoms with E-state index in [0.29, 0.717) is 22.6 Å². The van der Waals surface area contributed by atoms with E-state index in [1.54, 1.807) is 23.6 Å². The average Bonchev–Trinajstić information content (AvgIpc) is 2.62. The van der Waals surface area contributed by atoms with E-state index >= 15 is 0 Å². The quantitative estimate of drug-likeness (QED) is 0.596. The van der Waals surface area contributed by atoms with E-state index in [4.69, 9.17) is 0 Å². The fourth-order valence-corrected chi connectivity index (χ4v) is 3.26. The van der Waals surface area contributed by atoms with Crippen molar-refractivity contribution in [3.63, 3.8) is 0 Å². The minimum atomic E-state index is -0.919. The highest BCUT2D eigenvalue weighted by molar-refractivity contribution is 7.99. The van der Waals surface area contributed by atoms with Crippen LogP contribution in [0.4, 0.5) is 0 Å². The number of nitriles is 1. The number of nitrogens with one attached hydrogen (secondary N) is 1. The van der Waals surface area contributed by atoms with Crippen molar-refractivity contribution in [2.45, 2.75) is 51.4 Å². The number of carbonyl (C=O) groups is 1. The maximum absolute atomic E-state index is 12.7. The lowest BCUT2D eigenvalue weighted by molar-refractivity contribution is -0.120. The standard InChI is InChI=1S/C19H24N4O2S/c1-5-10-23-17(25)14-8-6-7-9-15(14)21-18(23)26-11-16(24)22-19(4,12-20)13(2)3/h6-9,13H,5,10-11H2,1-4H3,(H,22,24)/t19-/m0/s1. The fraction of sp³-hybridized carbons (Fsp3) is 0.474. The van der Waals surface area contributed by atoms with Crippen molar-refractivity contribution in [1.82, 2.24) is 14.9 Å². The second-order valence-electron chi connectivity index (χ2n) is 6.67. The first-order valence-electron chi connectivity index (χ1n) is 8.67. The molecule has 0 aliphatic heterocycles. The van der Waals surface area contributed by atoms with Gasteiger partial charge in [-0.25, -0.2) is 4.98 Å². The number of benzene rings is 1. The van der Waals surface area contributed by atoms with Crippen LogP contribution in [-0.2, 0) is 11.3 Å². The molecule has 0 saturated carbocycles. The Kier molecular flexibility index (Phi) is 6.43. The van der Waals surface area contributed by atoms with E-state index in [2.05, 4.69) is 16.4 Å². The molecule has 0 radical (unpaired) electrons. The summed E-state index contributed by atoms with van der Waals surface area (Å²) in [6.07, 6.45) is 0.791. The average molecular weight is 372 g/mol. The lowest BCUT2D eigenvalue weighted by Gasteiger charge is -2.27. The van der Waals surface area contributed by atoms with Gasteiger partial charge in [-0.15, -0.1) is 0 Å². The smallest absolute Gasteiger partial charge is 0.262 e. The lowest BCUT2D eigenvalue weighted by atomic mass is 9.90. The number of hydrogen-bond donors (Lipinski definition) is 1. The van der Waals surface area contributed by atoms with Gasteiger partial charge in [-0.2, -0.15) is 5.26 Å². The Morgan fingerprint density at radius 1 is 1.42 bits per heavy atom. The monoisotopic (exact) mass is 372 g/mol. The zero-order chi connectivity index (χ0) is 19.3. The summed E-state index contributed by atoms with van der Waals surface area (Å²) in [5.74, 6) is -0.171. The molecule has 1 aromatic carbocycles. The van der Waals surface area contributed by atoms with Crippen molar-refractivity contribution < 1.29 is 4.79 Å². The van der Waals surface area contributed by atoms with Crippen molar-refractivity contribution in [3.05, 3.63) is 34.6 Å². The van der Waals surface area contributed by atoms with Crippen LogP contribution in [0, 0.1) is 17.2 Å². The summed E-state index contributed by atoms with van der Waals surface area (Å²) in [6.45, 7) is 8.02. The van der Waals surface area contributed by atoms with Gasteiger partial charge >= 0.3 is 0 Å². The number of aromatic nitrogens is 2. The summed E-state index contributed by atoms with van der Waals surface area (Å²) in [4.78, 5) is 29.6. The van der Waals surface area contributed by atoms with Crippen LogP contribution in [-0.4, -0.2) is 26.8 Å². The van der Waals surface area contributed by atoms with Gasteiger partial charge < -0.3 is 5.32 Å². The van der Waals surface area contributed by atoms with Crippen molar-refractivity contribution in [1.29, 1.82) is 5.26 Å². The number of para-hydroxylation sites is 1. The molecule has 0 spiro atoms. The van der Waals surface area contributed by atoms with Crippen LogP contribution in [0.5, 0.6) is 0 Å². The minimum Gasteiger partial charge on any atom is -0.337 e. The van der Waals surface area contributed by atoms with Gasteiger partial charge in [-0.05, 0) is 31.4 Å². The van der Waals surface area contributed by atoms with Gasteiger partial charge in [-0.1, -0.05) is 44.7 Å². The van der Waals surface area contributed by atoms with Crippen molar-refractivity contribution >= 4 is 28.6 Å². The number of fused-ring (bicyclic) bond motifs is 1. The van der Waals surface area contributed by atoms with Crippen molar-refractivity contribution in [2.75, 3.05) is 5.75 Å². The van der Waals surface area contributed by atoms with Crippen LogP contribution >= 0.6 is 11.8 Å². The second kappa shape index (κ2) is 8.37. The van der Waals surface area contributed by atoms with Gasteiger partial charge in [0.1, 0.15) is 5.54 Å². The van der Waals surface area contributed by atoms with E-state index in [9.17, 15) is 14.9 Å². The molecular weight excluding hydrogens is 348 g/mol. The molecule has 0 aliphatic carbocycles. The first-order valence-corrected chi connectivity index (χ1v) is 9.65. The zero-order valence-corrected chi connectivity index (χ0v) is 16.4. The summed E-state index contributed by atoms with van der Waals surface area (Å²) in [5, 5.41) is 13.2. The number of carbonyl (C=O) groups excluding carboxylic acids is 1. The van der Waals surface area contributed by atoms with E-state index in [0.717, 1.165) is 6.42 Å². The Morgan fingerprint density at radius 3 is 2.73 bits per heavy atom. The third kappa shape index (κ3) is 4.25. The predicted octanol–water partition coefficient (Wildman–Crippen LogP) is 2.95. The van der Waals surface area contributed by atoms with Gasteiger partial charge in [0.05, 0.1) is 22.7 Å². The number of rotatable bonds is 7. The first kappa shape index (κ1) is 20.0. The van der Waals surface area contributed by atoms with Gasteiger partial charge in [0.15, 0.2) is 5.16 Å². The largest absolute Gasteiger partial charge is 0.337 e. The van der Waals surface area contributed by atoms with E-state index in [1.807, 2.05) is 32.9 Å². The van der Waals surface area contributed by atoms with Crippen molar-refractivity contribution in [3.8, 4) is 6.07 Å². The molecule has 0 bridgehead atoms. The summed E-state index contributed by atoms with van der Waals surface area (Å²) >= 11 is 1.22. The molecule has 1 aromatic heterocycles. The second-order valence-corrected chi connectivity index (χ2v) is 7.62. The molecule has 0 fully saturated rings. The molecule has 2 aromatic rings. The van der Waals surface area contributed by atoms with E-state index in [1.165, 1.54) is 11.8 Å². The van der Waals surface area contributed by atoms with Gasteiger partial charge in [0, 0.05) is 6.54 Å². The Hall–Kier alpha value is -2.33. The van der Waals surface area contributed by atoms with Crippen molar-refractivity contribution in [2.24, 2.45) is 5.92 Å². The molecule has 2 rings (SSSR count). The number of hydrogen-bond acceptors (Lipinski definition) is 5. The fourth-order valence-electron chi connectivity index (χ4n) is 2.44. The van der Waals surface area contributed by atoms with Crippen LogP contribution < -0.4 is 10.9 Å². The molecular formula is C19H24N4O2S. The van der Waals surface area contributed by atoms with E-state index < -0.39 is 5.54 Å². The molecule has 1 amide bonds. The van der Waals surface area contributed by atoms with Crippen LogP contribution in [0.1, 0.15) is 34.1 Å². The van der Waals surface area contributed by atoms with Crippen LogP contribution in [0.25, 0.3) is 10.9 Å². The SMILES string of the molecule is CCCn1c(SCC(=O)N[C@@](C)(C#N)C(C)C)nc2ccccc2c1=O. The highest BCUT2D eigenvalue weighted by Gasteiger charge is 2.30. The molecule has 0 unspecified atom stereocenters. The summed E-state index contributed by atoms with van der Waals surface area (Å²) < 4.78 is 1.62. The van der Waals surface area contributed by atoms with Crippen LogP contribution in [0.15, 0.2) is 34.2 Å². The molecule has 6 nitrogen and oxygen atoms in total. The Balaban J connectivity index is 2.25. The molecule has 0 saturated heterocycles. The molecule has 0 aliphatic rings. The molecule has 1 heterocycles. The Labute approximate surface area is 157 Å². The van der Waals surface area contributed by atoms with Gasteiger partial charge in [-0.3, -0.25) is 14.2 Å². The normalized spacial score (nSPS) is 13.4. The summed E-state index contributed by atoms with van der Waals surface area (Å²) in [7, 11) is 0. The van der Waals surface area contributed by atoms with Crippen LogP contribution in [0.2, 0.25) is 0 Å². The minimum absolute atomic E-state index is 0.0153. The van der Waals surface area contributed by atoms with E-state index in [-0.39, 0.29) is 23.1 Å². The Morgan fingerprint density at radius 2 is 2.12 bits per heavy atom. The first-order chi connectivity index (χ1) is 12.3. The number of thioether (sulfide) groups is 1. The molecule has 138 valence electrons. The topological polar surface area (TPSA) is 87.8 Å². The molecule has 26 heavy (non-hydrogen) atoms. The summed E-state index contributed by atoms with van der Waals surface area (Å²) in [6, 6.07) is 9.37. The Bertz CT molecular complexity index is 901. The number of nitrogens with zero attached hydrogens (tertiary/aromatic N) is 3. The zero-order valence-electron chi connectivity index (χ0n) is 15.6. The van der Waals surface area contributed by atoms with Crippen LogP contribution in [0.3, 0.4) is 0 Å². The molecule has 7 heteroatoms.